The first kappa shape index (κ1) is 21.1. The van der Waals surface area contributed by atoms with E-state index in [1.54, 1.807) is 18.3 Å². The van der Waals surface area contributed by atoms with E-state index in [1.165, 1.54) is 12.1 Å². The van der Waals surface area contributed by atoms with Crippen LogP contribution in [0.1, 0.15) is 37.5 Å². The van der Waals surface area contributed by atoms with Gasteiger partial charge in [-0.05, 0) is 46.3 Å². The zero-order valence-corrected chi connectivity index (χ0v) is 17.3. The van der Waals surface area contributed by atoms with Gasteiger partial charge in [0.1, 0.15) is 16.1 Å². The summed E-state index contributed by atoms with van der Waals surface area (Å²) in [4.78, 5) is 9.76. The lowest BCUT2D eigenvalue weighted by Crippen LogP contribution is -2.04. The Morgan fingerprint density at radius 2 is 1.86 bits per heavy atom. The number of rotatable bonds is 3. The van der Waals surface area contributed by atoms with Gasteiger partial charge in [0.25, 0.3) is 0 Å². The first-order chi connectivity index (χ1) is 13.9. The molecule has 152 valence electrons. The van der Waals surface area contributed by atoms with Crippen molar-refractivity contribution in [1.29, 1.82) is 0 Å². The number of benzene rings is 2. The molecule has 0 radical (unpaired) electrons. The number of alkyl halides is 3. The highest BCUT2D eigenvalue weighted by atomic mass is 79.9. The molecule has 3 aromatic rings. The lowest BCUT2D eigenvalue weighted by molar-refractivity contribution is -0.137. The van der Waals surface area contributed by atoms with Crippen molar-refractivity contribution in [3.8, 4) is 11.5 Å². The summed E-state index contributed by atoms with van der Waals surface area (Å²) in [7, 11) is 0. The van der Waals surface area contributed by atoms with Crippen molar-refractivity contribution in [2.45, 2.75) is 32.5 Å². The molecule has 0 bridgehead atoms. The van der Waals surface area contributed by atoms with Gasteiger partial charge < -0.3 is 9.57 Å². The Kier molecular flexibility index (Phi) is 6.42. The minimum atomic E-state index is -4.43. The van der Waals surface area contributed by atoms with Crippen LogP contribution >= 0.6 is 15.9 Å². The average molecular weight is 467 g/mol. The second-order valence-electron chi connectivity index (χ2n) is 5.98. The van der Waals surface area contributed by atoms with E-state index >= 15 is 0 Å². The average Bonchev–Trinajstić information content (AvgIpc) is 3.15. The van der Waals surface area contributed by atoms with Crippen molar-refractivity contribution in [2.24, 2.45) is 5.16 Å². The number of oxime groups is 1. The Bertz CT molecular complexity index is 1040. The zero-order chi connectivity index (χ0) is 21.0. The first-order valence-electron chi connectivity index (χ1n) is 9.02. The first-order valence-corrected chi connectivity index (χ1v) is 9.81. The number of halogens is 4. The van der Waals surface area contributed by atoms with Crippen LogP contribution in [0.2, 0.25) is 0 Å². The quantitative estimate of drug-likeness (QED) is 0.408. The molecule has 0 N–H and O–H groups in total. The molecule has 1 unspecified atom stereocenters. The van der Waals surface area contributed by atoms with Gasteiger partial charge in [0.05, 0.1) is 11.1 Å². The van der Waals surface area contributed by atoms with E-state index in [9.17, 15) is 13.2 Å². The van der Waals surface area contributed by atoms with Crippen molar-refractivity contribution in [2.75, 3.05) is 0 Å². The molecule has 1 aliphatic rings. The molecule has 29 heavy (non-hydrogen) atoms. The van der Waals surface area contributed by atoms with E-state index in [4.69, 9.17) is 9.57 Å². The maximum absolute atomic E-state index is 12.9. The lowest BCUT2D eigenvalue weighted by Gasteiger charge is -2.15. The molecule has 4 rings (SSSR count). The number of hydrogen-bond acceptors (Lipinski definition) is 4. The molecule has 0 fully saturated rings. The summed E-state index contributed by atoms with van der Waals surface area (Å²) < 4.78 is 45.2. The minimum absolute atomic E-state index is 0.0934. The topological polar surface area (TPSA) is 43.7 Å². The van der Waals surface area contributed by atoms with Crippen LogP contribution in [0.4, 0.5) is 13.2 Å². The maximum atomic E-state index is 12.9. The Morgan fingerprint density at radius 3 is 2.55 bits per heavy atom. The maximum Gasteiger partial charge on any atom is 0.416 e. The smallest absolute Gasteiger partial charge is 0.416 e. The standard InChI is InChI=1S/C19H12BrF3N2O2.C2H6/c20-18-10-17(27-25-18)15-8-13(9-16-14(15)5-2-6-24-16)26-12-4-1-3-11(7-12)19(21,22)23;1-2/h1-9,17H,10H2;1-2H3. The van der Waals surface area contributed by atoms with Gasteiger partial charge in [-0.3, -0.25) is 4.98 Å². The molecule has 0 saturated carbocycles. The summed E-state index contributed by atoms with van der Waals surface area (Å²) in [5.41, 5.74) is 0.694. The SMILES string of the molecule is CC.FC(F)(F)c1cccc(Oc2cc(C3CC(Br)=NO3)c3cccnc3c2)c1. The Morgan fingerprint density at radius 1 is 1.07 bits per heavy atom. The third kappa shape index (κ3) is 4.87. The van der Waals surface area contributed by atoms with Crippen molar-refractivity contribution in [3.63, 3.8) is 0 Å². The Hall–Kier alpha value is -2.61. The van der Waals surface area contributed by atoms with Gasteiger partial charge in [0.15, 0.2) is 6.10 Å². The van der Waals surface area contributed by atoms with Crippen molar-refractivity contribution in [1.82, 2.24) is 4.98 Å². The van der Waals surface area contributed by atoms with Crippen molar-refractivity contribution < 1.29 is 22.7 Å². The van der Waals surface area contributed by atoms with Crippen LogP contribution < -0.4 is 4.74 Å². The summed E-state index contributed by atoms with van der Waals surface area (Å²) in [6.45, 7) is 4.00. The molecule has 0 amide bonds. The minimum Gasteiger partial charge on any atom is -0.457 e. The van der Waals surface area contributed by atoms with Crippen molar-refractivity contribution in [3.05, 3.63) is 65.9 Å². The van der Waals surface area contributed by atoms with Crippen LogP contribution in [0, 0.1) is 0 Å². The summed E-state index contributed by atoms with van der Waals surface area (Å²) in [6.07, 6.45) is -2.56. The largest absolute Gasteiger partial charge is 0.457 e. The number of hydrogen-bond donors (Lipinski definition) is 0. The molecule has 2 heterocycles. The van der Waals surface area contributed by atoms with E-state index in [0.717, 1.165) is 23.1 Å². The highest BCUT2D eigenvalue weighted by molar-refractivity contribution is 9.18. The van der Waals surface area contributed by atoms with Gasteiger partial charge in [-0.1, -0.05) is 31.1 Å². The Labute approximate surface area is 174 Å². The van der Waals surface area contributed by atoms with E-state index in [2.05, 4.69) is 26.1 Å². The van der Waals surface area contributed by atoms with Crippen LogP contribution in [0.3, 0.4) is 0 Å². The lowest BCUT2D eigenvalue weighted by atomic mass is 10.0. The molecule has 8 heteroatoms. The summed E-state index contributed by atoms with van der Waals surface area (Å²) in [5.74, 6) is 0.470. The second kappa shape index (κ2) is 8.82. The molecule has 0 spiro atoms. The highest BCUT2D eigenvalue weighted by Crippen LogP contribution is 2.38. The fourth-order valence-corrected chi connectivity index (χ4v) is 3.27. The molecular formula is C21H18BrF3N2O2. The molecule has 1 aliphatic heterocycles. The third-order valence-electron chi connectivity index (χ3n) is 4.10. The fraction of sp³-hybridized carbons (Fsp3) is 0.238. The van der Waals surface area contributed by atoms with Gasteiger partial charge >= 0.3 is 6.18 Å². The number of nitrogens with zero attached hydrogens (tertiary/aromatic N) is 2. The van der Waals surface area contributed by atoms with Gasteiger partial charge in [-0.25, -0.2) is 0 Å². The van der Waals surface area contributed by atoms with Crippen LogP contribution in [-0.4, -0.2) is 9.60 Å². The molecule has 2 aromatic carbocycles. The van der Waals surface area contributed by atoms with E-state index in [0.29, 0.717) is 22.3 Å². The van der Waals surface area contributed by atoms with E-state index in [1.807, 2.05) is 26.0 Å². The van der Waals surface area contributed by atoms with Crippen LogP contribution in [0.25, 0.3) is 10.9 Å². The molecule has 1 atom stereocenters. The van der Waals surface area contributed by atoms with Gasteiger partial charge in [-0.2, -0.15) is 13.2 Å². The van der Waals surface area contributed by atoms with Gasteiger partial charge in [0, 0.05) is 29.6 Å². The fourth-order valence-electron chi connectivity index (χ4n) is 2.90. The van der Waals surface area contributed by atoms with Gasteiger partial charge in [-0.15, -0.1) is 0 Å². The Balaban J connectivity index is 0.00000117. The number of fused-ring (bicyclic) bond motifs is 1. The predicted octanol–water partition coefficient (Wildman–Crippen LogP) is 7.24. The monoisotopic (exact) mass is 466 g/mol. The van der Waals surface area contributed by atoms with Gasteiger partial charge in [0.2, 0.25) is 0 Å². The van der Waals surface area contributed by atoms with Crippen molar-refractivity contribution >= 4 is 31.5 Å². The second-order valence-corrected chi connectivity index (χ2v) is 6.89. The van der Waals surface area contributed by atoms with Crippen LogP contribution in [-0.2, 0) is 11.0 Å². The van der Waals surface area contributed by atoms with Crippen LogP contribution in [0.5, 0.6) is 11.5 Å². The summed E-state index contributed by atoms with van der Waals surface area (Å²) in [6, 6.07) is 11.9. The molecular weight excluding hydrogens is 449 g/mol. The molecule has 0 saturated heterocycles. The van der Waals surface area contributed by atoms with E-state index < -0.39 is 11.7 Å². The predicted molar refractivity (Wildman–Crippen MR) is 109 cm³/mol. The molecule has 0 aliphatic carbocycles. The third-order valence-corrected chi connectivity index (χ3v) is 4.57. The number of aromatic nitrogens is 1. The zero-order valence-electron chi connectivity index (χ0n) is 15.7. The summed E-state index contributed by atoms with van der Waals surface area (Å²) in [5, 5.41) is 4.77. The number of pyridine rings is 1. The highest BCUT2D eigenvalue weighted by Gasteiger charge is 2.30. The number of ether oxygens (including phenoxy) is 1. The normalized spacial score (nSPS) is 15.9. The summed E-state index contributed by atoms with van der Waals surface area (Å²) >= 11 is 3.31. The molecule has 4 nitrogen and oxygen atoms in total. The molecule has 1 aromatic heterocycles. The van der Waals surface area contributed by atoms with Crippen LogP contribution in [0.15, 0.2) is 59.9 Å². The van der Waals surface area contributed by atoms with E-state index in [-0.39, 0.29) is 11.9 Å².